The molecule has 0 heterocycles. The minimum absolute atomic E-state index is 0.344. The average molecular weight is 280 g/mol. The first-order chi connectivity index (χ1) is 9.31. The van der Waals surface area contributed by atoms with E-state index in [4.69, 9.17) is 14.2 Å². The smallest absolute Gasteiger partial charge is 0.349 e. The van der Waals surface area contributed by atoms with Crippen molar-refractivity contribution in [1.82, 2.24) is 0 Å². The summed E-state index contributed by atoms with van der Waals surface area (Å²) >= 11 is 0. The Bertz CT molecular complexity index is 454. The van der Waals surface area contributed by atoms with Gasteiger partial charge in [0, 0.05) is 7.11 Å². The van der Waals surface area contributed by atoms with Gasteiger partial charge in [0.1, 0.15) is 5.75 Å². The summed E-state index contributed by atoms with van der Waals surface area (Å²) in [6, 6.07) is 4.01. The molecular formula is C16H24O4. The van der Waals surface area contributed by atoms with Crippen molar-refractivity contribution in [2.24, 2.45) is 0 Å². The minimum Gasteiger partial charge on any atom is -0.476 e. The quantitative estimate of drug-likeness (QED) is 0.751. The molecular weight excluding hydrogens is 256 g/mol. The average Bonchev–Trinajstić information content (AvgIpc) is 2.34. The molecule has 4 heteroatoms. The fraction of sp³-hybridized carbons (Fsp3) is 0.562. The minimum atomic E-state index is -1.01. The number of carbonyl (C=O) groups excluding carboxylic acids is 1. The highest BCUT2D eigenvalue weighted by molar-refractivity contribution is 5.79. The van der Waals surface area contributed by atoms with E-state index < -0.39 is 5.60 Å². The summed E-state index contributed by atoms with van der Waals surface area (Å²) in [6.45, 7) is 10.0. The first-order valence-corrected chi connectivity index (χ1v) is 6.77. The zero-order valence-electron chi connectivity index (χ0n) is 13.2. The van der Waals surface area contributed by atoms with Crippen molar-refractivity contribution >= 4 is 5.97 Å². The van der Waals surface area contributed by atoms with Gasteiger partial charge < -0.3 is 14.2 Å². The molecule has 0 fully saturated rings. The first-order valence-electron chi connectivity index (χ1n) is 6.77. The summed E-state index contributed by atoms with van der Waals surface area (Å²) in [5.41, 5.74) is 2.04. The van der Waals surface area contributed by atoms with Crippen LogP contribution in [0.15, 0.2) is 12.1 Å². The second kappa shape index (κ2) is 6.75. The highest BCUT2D eigenvalue weighted by Crippen LogP contribution is 2.29. The van der Waals surface area contributed by atoms with E-state index in [0.717, 1.165) is 22.4 Å². The van der Waals surface area contributed by atoms with E-state index in [1.807, 2.05) is 26.0 Å². The normalized spacial score (nSPS) is 11.3. The predicted octanol–water partition coefficient (Wildman–Crippen LogP) is 3.17. The molecule has 1 aromatic carbocycles. The molecule has 0 atom stereocenters. The molecule has 20 heavy (non-hydrogen) atoms. The largest absolute Gasteiger partial charge is 0.476 e. The van der Waals surface area contributed by atoms with Crippen molar-refractivity contribution in [3.05, 3.63) is 28.8 Å². The molecule has 0 amide bonds. The number of ether oxygens (including phenoxy) is 3. The Morgan fingerprint density at radius 3 is 2.20 bits per heavy atom. The lowest BCUT2D eigenvalue weighted by Gasteiger charge is -2.26. The Balaban J connectivity index is 3.00. The van der Waals surface area contributed by atoms with Gasteiger partial charge in [-0.1, -0.05) is 12.1 Å². The highest BCUT2D eigenvalue weighted by atomic mass is 16.6. The summed E-state index contributed by atoms with van der Waals surface area (Å²) in [6.07, 6.45) is 0. The van der Waals surface area contributed by atoms with Crippen molar-refractivity contribution in [3.8, 4) is 5.75 Å². The van der Waals surface area contributed by atoms with Crippen LogP contribution in [0.4, 0.5) is 0 Å². The van der Waals surface area contributed by atoms with E-state index in [9.17, 15) is 4.79 Å². The fourth-order valence-electron chi connectivity index (χ4n) is 2.05. The van der Waals surface area contributed by atoms with Gasteiger partial charge in [-0.3, -0.25) is 0 Å². The van der Waals surface area contributed by atoms with Crippen molar-refractivity contribution in [1.29, 1.82) is 0 Å². The molecule has 112 valence electrons. The van der Waals surface area contributed by atoms with Crippen LogP contribution >= 0.6 is 0 Å². The van der Waals surface area contributed by atoms with Crippen LogP contribution in [-0.4, -0.2) is 25.3 Å². The lowest BCUT2D eigenvalue weighted by molar-refractivity contribution is -0.158. The molecule has 0 aromatic heterocycles. The molecule has 1 rings (SSSR count). The third kappa shape index (κ3) is 3.97. The second-order valence-corrected chi connectivity index (χ2v) is 5.32. The van der Waals surface area contributed by atoms with Gasteiger partial charge >= 0.3 is 5.97 Å². The summed E-state index contributed by atoms with van der Waals surface area (Å²) < 4.78 is 16.1. The van der Waals surface area contributed by atoms with Crippen LogP contribution in [0, 0.1) is 13.8 Å². The lowest BCUT2D eigenvalue weighted by Crippen LogP contribution is -2.40. The molecule has 0 aliphatic carbocycles. The van der Waals surface area contributed by atoms with E-state index >= 15 is 0 Å². The summed E-state index contributed by atoms with van der Waals surface area (Å²) in [5.74, 6) is 0.364. The molecule has 0 N–H and O–H groups in total. The Hall–Kier alpha value is -1.55. The third-order valence-corrected chi connectivity index (χ3v) is 2.96. The standard InChI is InChI=1S/C16H24O4/c1-7-19-15(17)16(4,5)20-14-11(2)8-13(10-18-6)9-12(14)3/h8-9H,7,10H2,1-6H3. The number of hydrogen-bond acceptors (Lipinski definition) is 4. The number of rotatable bonds is 6. The lowest BCUT2D eigenvalue weighted by atomic mass is 10.0. The van der Waals surface area contributed by atoms with E-state index in [0.29, 0.717) is 13.2 Å². The van der Waals surface area contributed by atoms with Gasteiger partial charge in [0.05, 0.1) is 13.2 Å². The molecule has 1 aromatic rings. The van der Waals surface area contributed by atoms with Crippen molar-refractivity contribution in [2.75, 3.05) is 13.7 Å². The van der Waals surface area contributed by atoms with E-state index in [2.05, 4.69) is 0 Å². The van der Waals surface area contributed by atoms with Crippen LogP contribution in [0.2, 0.25) is 0 Å². The molecule has 0 radical (unpaired) electrons. The zero-order chi connectivity index (χ0) is 15.3. The maximum atomic E-state index is 11.9. The van der Waals surface area contributed by atoms with Crippen LogP contribution < -0.4 is 4.74 Å². The van der Waals surface area contributed by atoms with Gasteiger partial charge in [0.25, 0.3) is 0 Å². The molecule has 0 saturated carbocycles. The SMILES string of the molecule is CCOC(=O)C(C)(C)Oc1c(C)cc(COC)cc1C. The van der Waals surface area contributed by atoms with Crippen LogP contribution in [-0.2, 0) is 20.9 Å². The Morgan fingerprint density at radius 2 is 1.75 bits per heavy atom. The van der Waals surface area contributed by atoms with E-state index in [1.165, 1.54) is 0 Å². The number of benzene rings is 1. The number of methoxy groups -OCH3 is 1. The molecule has 0 aliphatic rings. The van der Waals surface area contributed by atoms with Gasteiger partial charge in [-0.15, -0.1) is 0 Å². The third-order valence-electron chi connectivity index (χ3n) is 2.96. The topological polar surface area (TPSA) is 44.8 Å². The fourth-order valence-corrected chi connectivity index (χ4v) is 2.05. The highest BCUT2D eigenvalue weighted by Gasteiger charge is 2.32. The van der Waals surface area contributed by atoms with Gasteiger partial charge in [-0.2, -0.15) is 0 Å². The number of hydrogen-bond donors (Lipinski definition) is 0. The zero-order valence-corrected chi connectivity index (χ0v) is 13.2. The number of aryl methyl sites for hydroxylation is 2. The predicted molar refractivity (Wildman–Crippen MR) is 78.0 cm³/mol. The summed E-state index contributed by atoms with van der Waals surface area (Å²) in [7, 11) is 1.67. The van der Waals surface area contributed by atoms with Crippen LogP contribution in [0.3, 0.4) is 0 Å². The molecule has 4 nitrogen and oxygen atoms in total. The first kappa shape index (κ1) is 16.5. The van der Waals surface area contributed by atoms with Crippen molar-refractivity contribution < 1.29 is 19.0 Å². The van der Waals surface area contributed by atoms with Gasteiger partial charge in [-0.05, 0) is 51.3 Å². The Labute approximate surface area is 121 Å². The molecule has 0 aliphatic heterocycles. The van der Waals surface area contributed by atoms with Gasteiger partial charge in [-0.25, -0.2) is 4.79 Å². The monoisotopic (exact) mass is 280 g/mol. The van der Waals surface area contributed by atoms with Gasteiger partial charge in [0.2, 0.25) is 0 Å². The maximum Gasteiger partial charge on any atom is 0.349 e. The molecule has 0 saturated heterocycles. The summed E-state index contributed by atoms with van der Waals surface area (Å²) in [4.78, 5) is 11.9. The molecule has 0 bridgehead atoms. The maximum absolute atomic E-state index is 11.9. The summed E-state index contributed by atoms with van der Waals surface area (Å²) in [5, 5.41) is 0. The van der Waals surface area contributed by atoms with Crippen molar-refractivity contribution in [2.45, 2.75) is 46.8 Å². The van der Waals surface area contributed by atoms with E-state index in [1.54, 1.807) is 27.9 Å². The van der Waals surface area contributed by atoms with Gasteiger partial charge in [0.15, 0.2) is 5.60 Å². The van der Waals surface area contributed by atoms with Crippen LogP contribution in [0.5, 0.6) is 5.75 Å². The second-order valence-electron chi connectivity index (χ2n) is 5.32. The Morgan fingerprint density at radius 1 is 1.20 bits per heavy atom. The number of esters is 1. The van der Waals surface area contributed by atoms with Crippen LogP contribution in [0.25, 0.3) is 0 Å². The van der Waals surface area contributed by atoms with E-state index in [-0.39, 0.29) is 5.97 Å². The number of carbonyl (C=O) groups is 1. The molecule has 0 unspecified atom stereocenters. The Kier molecular flexibility index (Phi) is 5.57. The van der Waals surface area contributed by atoms with Crippen molar-refractivity contribution in [3.63, 3.8) is 0 Å². The van der Waals surface area contributed by atoms with Crippen LogP contribution in [0.1, 0.15) is 37.5 Å². The molecule has 0 spiro atoms.